The Labute approximate surface area is 129 Å². The number of benzene rings is 1. The number of ether oxygens (including phenoxy) is 1. The van der Waals surface area contributed by atoms with Gasteiger partial charge in [0.15, 0.2) is 0 Å². The molecule has 1 heterocycles. The second kappa shape index (κ2) is 7.23. The maximum absolute atomic E-state index is 12.4. The van der Waals surface area contributed by atoms with Crippen LogP contribution in [0.1, 0.15) is 35.2 Å². The smallest absolute Gasteiger partial charge is 0.254 e. The van der Waals surface area contributed by atoms with Gasteiger partial charge in [-0.1, -0.05) is 6.07 Å². The normalized spacial score (nSPS) is 16.1. The van der Waals surface area contributed by atoms with Gasteiger partial charge in [0.05, 0.1) is 5.56 Å². The Morgan fingerprint density at radius 2 is 2.10 bits per heavy atom. The van der Waals surface area contributed by atoms with E-state index < -0.39 is 0 Å². The minimum Gasteiger partial charge on any atom is -0.381 e. The topological polar surface area (TPSA) is 29.5 Å². The highest BCUT2D eigenvalue weighted by Crippen LogP contribution is 2.22. The third kappa shape index (κ3) is 4.06. The maximum Gasteiger partial charge on any atom is 0.254 e. The molecule has 0 radical (unpaired) electrons. The number of nitrogens with zero attached hydrogens (tertiary/aromatic N) is 1. The molecule has 4 heteroatoms. The van der Waals surface area contributed by atoms with Crippen molar-refractivity contribution in [3.63, 3.8) is 0 Å². The first kappa shape index (κ1) is 15.5. The summed E-state index contributed by atoms with van der Waals surface area (Å²) in [6.45, 7) is 4.56. The molecule has 1 aromatic carbocycles. The molecule has 1 aliphatic heterocycles. The molecule has 0 aromatic heterocycles. The van der Waals surface area contributed by atoms with Crippen LogP contribution in [0.5, 0.6) is 0 Å². The third-order valence-corrected chi connectivity index (χ3v) is 4.57. The zero-order valence-corrected chi connectivity index (χ0v) is 13.8. The van der Waals surface area contributed by atoms with Gasteiger partial charge in [-0.05, 0) is 65.7 Å². The SMILES string of the molecule is Cc1ccc(C(=O)N(C)CCC2CCOCC2)c(Br)c1. The number of carbonyl (C=O) groups excluding carboxylic acids is 1. The average molecular weight is 340 g/mol. The largest absolute Gasteiger partial charge is 0.381 e. The lowest BCUT2D eigenvalue weighted by molar-refractivity contribution is 0.0583. The predicted octanol–water partition coefficient (Wildman–Crippen LogP) is 3.65. The standard InChI is InChI=1S/C16H22BrNO2/c1-12-3-4-14(15(17)11-12)16(19)18(2)8-5-13-6-9-20-10-7-13/h3-4,11,13H,5-10H2,1-2H3. The van der Waals surface area contributed by atoms with E-state index in [4.69, 9.17) is 4.74 Å². The van der Waals surface area contributed by atoms with Crippen molar-refractivity contribution in [2.24, 2.45) is 5.92 Å². The average Bonchev–Trinajstić information content (AvgIpc) is 2.45. The van der Waals surface area contributed by atoms with Gasteiger partial charge in [0.2, 0.25) is 0 Å². The van der Waals surface area contributed by atoms with Crippen molar-refractivity contribution in [3.8, 4) is 0 Å². The van der Waals surface area contributed by atoms with Gasteiger partial charge in [0.1, 0.15) is 0 Å². The summed E-state index contributed by atoms with van der Waals surface area (Å²) in [5.74, 6) is 0.782. The van der Waals surface area contributed by atoms with Crippen molar-refractivity contribution in [1.82, 2.24) is 4.90 Å². The van der Waals surface area contributed by atoms with E-state index >= 15 is 0 Å². The van der Waals surface area contributed by atoms with Crippen LogP contribution in [0.2, 0.25) is 0 Å². The molecule has 2 rings (SSSR count). The fourth-order valence-electron chi connectivity index (χ4n) is 2.51. The van der Waals surface area contributed by atoms with Crippen molar-refractivity contribution in [1.29, 1.82) is 0 Å². The Kier molecular flexibility index (Phi) is 5.61. The number of amides is 1. The summed E-state index contributed by atoms with van der Waals surface area (Å²) in [5, 5.41) is 0. The minimum atomic E-state index is 0.0870. The van der Waals surface area contributed by atoms with Gasteiger partial charge in [0.25, 0.3) is 5.91 Å². The maximum atomic E-state index is 12.4. The summed E-state index contributed by atoms with van der Waals surface area (Å²) >= 11 is 3.48. The van der Waals surface area contributed by atoms with E-state index in [0.717, 1.165) is 54.6 Å². The highest BCUT2D eigenvalue weighted by atomic mass is 79.9. The second-order valence-corrected chi connectivity index (χ2v) is 6.41. The van der Waals surface area contributed by atoms with Crippen LogP contribution >= 0.6 is 15.9 Å². The van der Waals surface area contributed by atoms with E-state index in [1.165, 1.54) is 0 Å². The molecule has 0 unspecified atom stereocenters. The molecule has 0 bridgehead atoms. The van der Waals surface area contributed by atoms with Crippen molar-refractivity contribution in [3.05, 3.63) is 33.8 Å². The van der Waals surface area contributed by atoms with Crippen LogP contribution in [0.3, 0.4) is 0 Å². The van der Waals surface area contributed by atoms with Crippen LogP contribution in [0.15, 0.2) is 22.7 Å². The van der Waals surface area contributed by atoms with Crippen LogP contribution in [0, 0.1) is 12.8 Å². The molecule has 110 valence electrons. The van der Waals surface area contributed by atoms with Gasteiger partial charge in [-0.3, -0.25) is 4.79 Å². The molecule has 1 aliphatic rings. The number of aryl methyl sites for hydroxylation is 1. The van der Waals surface area contributed by atoms with E-state index in [9.17, 15) is 4.79 Å². The minimum absolute atomic E-state index is 0.0870. The van der Waals surface area contributed by atoms with E-state index in [1.807, 2.05) is 37.1 Å². The summed E-state index contributed by atoms with van der Waals surface area (Å²) in [5.41, 5.74) is 1.89. The van der Waals surface area contributed by atoms with Gasteiger partial charge in [-0.2, -0.15) is 0 Å². The molecular weight excluding hydrogens is 318 g/mol. The van der Waals surface area contributed by atoms with Crippen LogP contribution in [0.4, 0.5) is 0 Å². The Morgan fingerprint density at radius 1 is 1.40 bits per heavy atom. The van der Waals surface area contributed by atoms with Gasteiger partial charge in [-0.25, -0.2) is 0 Å². The van der Waals surface area contributed by atoms with E-state index in [0.29, 0.717) is 5.92 Å². The monoisotopic (exact) mass is 339 g/mol. The first-order valence-electron chi connectivity index (χ1n) is 7.17. The summed E-state index contributed by atoms with van der Waals surface area (Å²) in [7, 11) is 1.88. The lowest BCUT2D eigenvalue weighted by Crippen LogP contribution is -2.30. The van der Waals surface area contributed by atoms with Crippen LogP contribution < -0.4 is 0 Å². The van der Waals surface area contributed by atoms with Crippen LogP contribution in [0.25, 0.3) is 0 Å². The Morgan fingerprint density at radius 3 is 2.75 bits per heavy atom. The Bertz CT molecular complexity index is 470. The molecule has 3 nitrogen and oxygen atoms in total. The van der Waals surface area contributed by atoms with Crippen molar-refractivity contribution in [2.75, 3.05) is 26.8 Å². The zero-order chi connectivity index (χ0) is 14.5. The molecule has 1 amide bonds. The van der Waals surface area contributed by atoms with E-state index in [2.05, 4.69) is 15.9 Å². The lowest BCUT2D eigenvalue weighted by Gasteiger charge is -2.25. The highest BCUT2D eigenvalue weighted by molar-refractivity contribution is 9.10. The number of hydrogen-bond donors (Lipinski definition) is 0. The zero-order valence-electron chi connectivity index (χ0n) is 12.2. The van der Waals surface area contributed by atoms with Gasteiger partial charge in [-0.15, -0.1) is 0 Å². The number of rotatable bonds is 4. The fraction of sp³-hybridized carbons (Fsp3) is 0.562. The quantitative estimate of drug-likeness (QED) is 0.837. The molecule has 0 atom stereocenters. The highest BCUT2D eigenvalue weighted by Gasteiger charge is 2.18. The fourth-order valence-corrected chi connectivity index (χ4v) is 3.17. The lowest BCUT2D eigenvalue weighted by atomic mass is 9.96. The molecule has 0 spiro atoms. The summed E-state index contributed by atoms with van der Waals surface area (Å²) < 4.78 is 6.24. The Balaban J connectivity index is 1.90. The summed E-state index contributed by atoms with van der Waals surface area (Å²) in [6.07, 6.45) is 3.31. The van der Waals surface area contributed by atoms with Crippen LogP contribution in [-0.4, -0.2) is 37.6 Å². The Hall–Kier alpha value is -0.870. The van der Waals surface area contributed by atoms with E-state index in [-0.39, 0.29) is 5.91 Å². The first-order valence-corrected chi connectivity index (χ1v) is 7.96. The van der Waals surface area contributed by atoms with Crippen molar-refractivity contribution >= 4 is 21.8 Å². The second-order valence-electron chi connectivity index (χ2n) is 5.55. The number of halogens is 1. The van der Waals surface area contributed by atoms with Gasteiger partial charge in [0, 0.05) is 31.3 Å². The molecule has 1 aromatic rings. The van der Waals surface area contributed by atoms with Crippen molar-refractivity contribution < 1.29 is 9.53 Å². The third-order valence-electron chi connectivity index (χ3n) is 3.92. The molecule has 1 fully saturated rings. The van der Waals surface area contributed by atoms with E-state index in [1.54, 1.807) is 0 Å². The first-order chi connectivity index (χ1) is 9.58. The van der Waals surface area contributed by atoms with Gasteiger partial charge >= 0.3 is 0 Å². The molecule has 1 saturated heterocycles. The van der Waals surface area contributed by atoms with Gasteiger partial charge < -0.3 is 9.64 Å². The molecule has 20 heavy (non-hydrogen) atoms. The molecule has 0 aliphatic carbocycles. The summed E-state index contributed by atoms with van der Waals surface area (Å²) in [4.78, 5) is 14.2. The summed E-state index contributed by atoms with van der Waals surface area (Å²) in [6, 6.07) is 5.86. The molecule has 0 saturated carbocycles. The predicted molar refractivity (Wildman–Crippen MR) is 84.0 cm³/mol. The number of carbonyl (C=O) groups is 1. The number of hydrogen-bond acceptors (Lipinski definition) is 2. The van der Waals surface area contributed by atoms with Crippen molar-refractivity contribution in [2.45, 2.75) is 26.2 Å². The van der Waals surface area contributed by atoms with Crippen LogP contribution in [-0.2, 0) is 4.74 Å². The molecule has 0 N–H and O–H groups in total. The molecular formula is C16H22BrNO2.